The second-order valence-corrected chi connectivity index (χ2v) is 8.73. The molecule has 0 aliphatic carbocycles. The molecule has 12 heteroatoms. The number of benzene rings is 2. The van der Waals surface area contributed by atoms with Crippen LogP contribution in [0.25, 0.3) is 0 Å². The molecule has 0 saturated heterocycles. The lowest BCUT2D eigenvalue weighted by Gasteiger charge is -2.23. The number of carbonyl (C=O) groups is 2. The number of hydrogen-bond acceptors (Lipinski definition) is 7. The highest BCUT2D eigenvalue weighted by Crippen LogP contribution is 2.27. The molecule has 0 aliphatic heterocycles. The Balaban J connectivity index is 1.59. The van der Waals surface area contributed by atoms with Gasteiger partial charge in [0, 0.05) is 18.0 Å². The van der Waals surface area contributed by atoms with Crippen LogP contribution in [0, 0.1) is 0 Å². The third kappa shape index (κ3) is 7.37. The van der Waals surface area contributed by atoms with Crippen LogP contribution < -0.4 is 26.6 Å². The van der Waals surface area contributed by atoms with E-state index in [-0.39, 0.29) is 37.6 Å². The van der Waals surface area contributed by atoms with E-state index in [2.05, 4.69) is 4.98 Å². The molecule has 3 aromatic rings. The van der Waals surface area contributed by atoms with Crippen LogP contribution in [-0.4, -0.2) is 41.2 Å². The highest BCUT2D eigenvalue weighted by molar-refractivity contribution is 6.35. The Kier molecular flexibility index (Phi) is 9.76. The smallest absolute Gasteiger partial charge is 0.330 e. The van der Waals surface area contributed by atoms with Gasteiger partial charge in [-0.1, -0.05) is 53.5 Å². The van der Waals surface area contributed by atoms with Gasteiger partial charge >= 0.3 is 11.7 Å². The van der Waals surface area contributed by atoms with E-state index in [9.17, 15) is 19.2 Å². The fraction of sp³-hybridized carbons (Fsp3) is 0.280. The molecule has 0 radical (unpaired) electrons. The number of amides is 1. The van der Waals surface area contributed by atoms with Gasteiger partial charge in [-0.25, -0.2) is 4.79 Å². The summed E-state index contributed by atoms with van der Waals surface area (Å²) in [5, 5.41) is 0.829. The van der Waals surface area contributed by atoms with Gasteiger partial charge in [-0.2, -0.15) is 0 Å². The van der Waals surface area contributed by atoms with Gasteiger partial charge in [0.1, 0.15) is 11.6 Å². The van der Waals surface area contributed by atoms with Gasteiger partial charge in [0.2, 0.25) is 0 Å². The maximum absolute atomic E-state index is 12.8. The second-order valence-electron chi connectivity index (χ2n) is 7.89. The normalized spacial score (nSPS) is 10.7. The number of carbonyl (C=O) groups excluding carboxylic acids is 2. The van der Waals surface area contributed by atoms with Crippen molar-refractivity contribution in [3.63, 3.8) is 0 Å². The summed E-state index contributed by atoms with van der Waals surface area (Å²) in [4.78, 5) is 53.2. The van der Waals surface area contributed by atoms with E-state index in [4.69, 9.17) is 38.4 Å². The highest BCUT2D eigenvalue weighted by atomic mass is 35.5. The third-order valence-electron chi connectivity index (χ3n) is 5.32. The number of halogens is 2. The number of aromatic nitrogens is 2. The number of ether oxygens (including phenoxy) is 2. The summed E-state index contributed by atoms with van der Waals surface area (Å²) in [7, 11) is 0. The predicted molar refractivity (Wildman–Crippen MR) is 141 cm³/mol. The molecule has 0 spiro atoms. The molecule has 1 amide bonds. The molecule has 0 bridgehead atoms. The van der Waals surface area contributed by atoms with Crippen LogP contribution >= 0.6 is 23.2 Å². The zero-order valence-corrected chi connectivity index (χ0v) is 21.6. The Morgan fingerprint density at radius 1 is 1.11 bits per heavy atom. The zero-order valence-electron chi connectivity index (χ0n) is 20.0. The molecule has 3 N–H and O–H groups in total. The summed E-state index contributed by atoms with van der Waals surface area (Å²) in [6.07, 6.45) is 0.315. The molecule has 1 aromatic heterocycles. The first kappa shape index (κ1) is 27.8. The minimum absolute atomic E-state index is 0.00467. The molecular formula is C25H26Cl2N4O6. The lowest BCUT2D eigenvalue weighted by molar-refractivity contribution is -0.148. The van der Waals surface area contributed by atoms with Crippen LogP contribution in [0.1, 0.15) is 25.3 Å². The van der Waals surface area contributed by atoms with Crippen molar-refractivity contribution in [1.29, 1.82) is 0 Å². The van der Waals surface area contributed by atoms with Crippen LogP contribution in [0.4, 0.5) is 11.5 Å². The number of nitrogens with two attached hydrogens (primary N) is 1. The second kappa shape index (κ2) is 13.0. The fourth-order valence-electron chi connectivity index (χ4n) is 3.50. The Morgan fingerprint density at radius 3 is 2.51 bits per heavy atom. The van der Waals surface area contributed by atoms with E-state index < -0.39 is 29.7 Å². The molecule has 10 nitrogen and oxygen atoms in total. The number of esters is 1. The number of aromatic amines is 1. The molecule has 196 valence electrons. The average molecular weight is 549 g/mol. The third-order valence-corrected chi connectivity index (χ3v) is 5.85. The van der Waals surface area contributed by atoms with Gasteiger partial charge in [0.15, 0.2) is 12.3 Å². The average Bonchev–Trinajstić information content (AvgIpc) is 2.87. The number of likely N-dealkylation sites (N-methyl/N-ethyl adjacent to an activating group) is 1. The minimum atomic E-state index is -0.814. The highest BCUT2D eigenvalue weighted by Gasteiger charge is 2.24. The lowest BCUT2D eigenvalue weighted by Crippen LogP contribution is -2.42. The van der Waals surface area contributed by atoms with Crippen molar-refractivity contribution in [1.82, 2.24) is 9.55 Å². The first-order valence-electron chi connectivity index (χ1n) is 11.4. The summed E-state index contributed by atoms with van der Waals surface area (Å²) in [6, 6.07) is 13.8. The molecule has 1 heterocycles. The Bertz CT molecular complexity index is 1370. The van der Waals surface area contributed by atoms with Gasteiger partial charge in [-0.15, -0.1) is 0 Å². The van der Waals surface area contributed by atoms with E-state index in [1.54, 1.807) is 49.4 Å². The van der Waals surface area contributed by atoms with E-state index in [1.807, 2.05) is 6.07 Å². The largest absolute Gasteiger partial charge is 0.492 e. The lowest BCUT2D eigenvalue weighted by atomic mass is 10.2. The molecule has 0 unspecified atom stereocenters. The van der Waals surface area contributed by atoms with Gasteiger partial charge in [-0.05, 0) is 37.1 Å². The van der Waals surface area contributed by atoms with E-state index >= 15 is 0 Å². The summed E-state index contributed by atoms with van der Waals surface area (Å²) in [5.41, 5.74) is 5.24. The quantitative estimate of drug-likeness (QED) is 0.277. The van der Waals surface area contributed by atoms with Crippen molar-refractivity contribution >= 4 is 46.6 Å². The molecular weight excluding hydrogens is 523 g/mol. The van der Waals surface area contributed by atoms with Crippen molar-refractivity contribution < 1.29 is 19.1 Å². The first-order valence-corrected chi connectivity index (χ1v) is 12.2. The number of rotatable bonds is 11. The topological polar surface area (TPSA) is 137 Å². The molecule has 0 fully saturated rings. The number of H-pyrrole nitrogens is 1. The number of nitrogens with one attached hydrogen (secondary N) is 1. The van der Waals surface area contributed by atoms with Crippen LogP contribution in [0.15, 0.2) is 58.1 Å². The summed E-state index contributed by atoms with van der Waals surface area (Å²) in [5.74, 6) is -1.02. The first-order chi connectivity index (χ1) is 17.7. The molecule has 0 saturated carbocycles. The molecule has 37 heavy (non-hydrogen) atoms. The number of nitrogens with zero attached hydrogens (tertiary/aromatic N) is 2. The van der Waals surface area contributed by atoms with Crippen LogP contribution in [0.3, 0.4) is 0 Å². The molecule has 0 atom stereocenters. The van der Waals surface area contributed by atoms with Gasteiger partial charge in [0.25, 0.3) is 11.5 Å². The molecule has 2 aromatic carbocycles. The van der Waals surface area contributed by atoms with Crippen LogP contribution in [0.5, 0.6) is 5.75 Å². The maximum atomic E-state index is 12.8. The van der Waals surface area contributed by atoms with Gasteiger partial charge in [0.05, 0.1) is 18.2 Å². The number of nitrogen functional groups attached to an aromatic ring is 1. The fourth-order valence-corrected chi connectivity index (χ4v) is 3.97. The SMILES string of the molecule is CCN(C(=O)COC(=O)CCCOc1ccc(Cl)cc1Cl)c1c(N)n(Cc2ccccc2)c(=O)[nH]c1=O. The number of anilines is 2. The van der Waals surface area contributed by atoms with Crippen LogP contribution in [0.2, 0.25) is 10.0 Å². The van der Waals surface area contributed by atoms with Gasteiger partial charge in [-0.3, -0.25) is 23.9 Å². The standard InChI is InChI=1S/C25H26Cl2N4O6/c1-2-30(22-23(28)31(25(35)29-24(22)34)14-16-7-4-3-5-8-16)20(32)15-37-21(33)9-6-12-36-19-11-10-17(26)13-18(19)27/h3-5,7-8,10-11,13H,2,6,9,12,14-15,28H2,1H3,(H,29,34,35). The number of hydrogen-bond donors (Lipinski definition) is 2. The summed E-state index contributed by atoms with van der Waals surface area (Å²) < 4.78 is 11.8. The van der Waals surface area contributed by atoms with Crippen molar-refractivity contribution in [2.45, 2.75) is 26.3 Å². The Hall–Kier alpha value is -3.76. The Morgan fingerprint density at radius 2 is 1.84 bits per heavy atom. The molecule has 3 rings (SSSR count). The van der Waals surface area contributed by atoms with Crippen LogP contribution in [-0.2, 0) is 20.9 Å². The van der Waals surface area contributed by atoms with E-state index in [0.717, 1.165) is 10.5 Å². The van der Waals surface area contributed by atoms with Crippen molar-refractivity contribution in [2.24, 2.45) is 0 Å². The maximum Gasteiger partial charge on any atom is 0.330 e. The Labute approximate surface area is 222 Å². The van der Waals surface area contributed by atoms with Crippen molar-refractivity contribution in [3.8, 4) is 5.75 Å². The monoisotopic (exact) mass is 548 g/mol. The van der Waals surface area contributed by atoms with E-state index in [1.165, 1.54) is 4.57 Å². The van der Waals surface area contributed by atoms with Gasteiger partial charge < -0.3 is 20.1 Å². The minimum Gasteiger partial charge on any atom is -0.492 e. The van der Waals surface area contributed by atoms with Crippen molar-refractivity contribution in [2.75, 3.05) is 30.4 Å². The van der Waals surface area contributed by atoms with E-state index in [0.29, 0.717) is 22.2 Å². The summed E-state index contributed by atoms with van der Waals surface area (Å²) >= 11 is 11.9. The summed E-state index contributed by atoms with van der Waals surface area (Å²) in [6.45, 7) is 1.38. The predicted octanol–water partition coefficient (Wildman–Crippen LogP) is 3.23. The molecule has 0 aliphatic rings. The van der Waals surface area contributed by atoms with Crippen molar-refractivity contribution in [3.05, 3.63) is 85.0 Å². The zero-order chi connectivity index (χ0) is 26.9.